The lowest BCUT2D eigenvalue weighted by Crippen LogP contribution is -2.54. The van der Waals surface area contributed by atoms with Crippen molar-refractivity contribution >= 4 is 27.5 Å². The summed E-state index contributed by atoms with van der Waals surface area (Å²) in [6.45, 7) is 3.04. The molecule has 3 aliphatic rings. The maximum absolute atomic E-state index is 13.5. The number of ether oxygens (including phenoxy) is 2. The van der Waals surface area contributed by atoms with Gasteiger partial charge in [0.1, 0.15) is 5.75 Å². The van der Waals surface area contributed by atoms with Gasteiger partial charge in [0.05, 0.1) is 30.3 Å². The molecule has 3 heterocycles. The fraction of sp³-hybridized carbons (Fsp3) is 0.440. The molecular weight excluding hydrogens is 470 g/mol. The van der Waals surface area contributed by atoms with Crippen LogP contribution >= 0.6 is 0 Å². The van der Waals surface area contributed by atoms with Crippen LogP contribution in [0, 0.1) is 0 Å². The van der Waals surface area contributed by atoms with Crippen molar-refractivity contribution in [1.29, 1.82) is 0 Å². The Kier molecular flexibility index (Phi) is 6.77. The molecule has 9 nitrogen and oxygen atoms in total. The first kappa shape index (κ1) is 23.8. The number of hydrogen-bond acceptors (Lipinski definition) is 6. The quantitative estimate of drug-likeness (QED) is 0.640. The van der Waals surface area contributed by atoms with E-state index in [9.17, 15) is 18.0 Å². The topological polar surface area (TPSA) is 96.5 Å². The summed E-state index contributed by atoms with van der Waals surface area (Å²) in [5.74, 6) is -0.0333. The zero-order valence-electron chi connectivity index (χ0n) is 19.5. The van der Waals surface area contributed by atoms with Crippen molar-refractivity contribution in [3.05, 3.63) is 54.1 Å². The lowest BCUT2D eigenvalue weighted by molar-refractivity contribution is -0.142. The van der Waals surface area contributed by atoms with Gasteiger partial charge in [-0.3, -0.25) is 9.59 Å². The van der Waals surface area contributed by atoms with Gasteiger partial charge in [-0.1, -0.05) is 18.6 Å². The summed E-state index contributed by atoms with van der Waals surface area (Å²) >= 11 is 0. The molecule has 2 aromatic carbocycles. The van der Waals surface area contributed by atoms with Crippen molar-refractivity contribution < 1.29 is 27.5 Å². The Hall–Kier alpha value is -2.95. The molecule has 2 fully saturated rings. The molecule has 10 heteroatoms. The molecule has 0 bridgehead atoms. The van der Waals surface area contributed by atoms with Crippen LogP contribution in [-0.4, -0.2) is 81.5 Å². The van der Waals surface area contributed by atoms with Gasteiger partial charge in [-0.2, -0.15) is 4.31 Å². The minimum atomic E-state index is -3.58. The first-order chi connectivity index (χ1) is 16.9. The average molecular weight is 500 g/mol. The van der Waals surface area contributed by atoms with Crippen molar-refractivity contribution in [2.75, 3.05) is 50.8 Å². The number of hydrogen-bond donors (Lipinski definition) is 0. The van der Waals surface area contributed by atoms with Crippen LogP contribution in [0.3, 0.4) is 0 Å². The van der Waals surface area contributed by atoms with Crippen LogP contribution in [0.15, 0.2) is 53.4 Å². The highest BCUT2D eigenvalue weighted by Gasteiger charge is 2.37. The normalized spacial score (nSPS) is 21.2. The third-order valence-corrected chi connectivity index (χ3v) is 8.58. The summed E-state index contributed by atoms with van der Waals surface area (Å²) in [5.41, 5.74) is 0.922. The number of piperidine rings is 1. The average Bonchev–Trinajstić information content (AvgIpc) is 2.92. The fourth-order valence-corrected chi connectivity index (χ4v) is 6.24. The first-order valence-corrected chi connectivity index (χ1v) is 13.4. The maximum Gasteiger partial charge on any atom is 0.265 e. The molecule has 2 amide bonds. The summed E-state index contributed by atoms with van der Waals surface area (Å²) in [6.07, 6.45) is 1.92. The van der Waals surface area contributed by atoms with Gasteiger partial charge in [-0.15, -0.1) is 0 Å². The molecule has 5 rings (SSSR count). The van der Waals surface area contributed by atoms with Gasteiger partial charge >= 0.3 is 0 Å². The van der Waals surface area contributed by atoms with Crippen LogP contribution in [0.5, 0.6) is 5.75 Å². The molecule has 0 aromatic heterocycles. The second-order valence-corrected chi connectivity index (χ2v) is 10.9. The highest BCUT2D eigenvalue weighted by molar-refractivity contribution is 7.89. The number of benzene rings is 2. The molecule has 0 N–H and O–H groups in total. The second kappa shape index (κ2) is 9.96. The molecule has 0 aliphatic carbocycles. The molecule has 2 aromatic rings. The van der Waals surface area contributed by atoms with Gasteiger partial charge < -0.3 is 19.3 Å². The minimum Gasteiger partial charge on any atom is -0.476 e. The van der Waals surface area contributed by atoms with E-state index in [4.69, 9.17) is 9.47 Å². The highest BCUT2D eigenvalue weighted by atomic mass is 32.2. The Morgan fingerprint density at radius 1 is 0.857 bits per heavy atom. The van der Waals surface area contributed by atoms with Crippen molar-refractivity contribution in [2.45, 2.75) is 30.3 Å². The number of nitrogens with zero attached hydrogens (tertiary/aromatic N) is 3. The molecule has 0 radical (unpaired) electrons. The Morgan fingerprint density at radius 2 is 1.54 bits per heavy atom. The monoisotopic (exact) mass is 499 g/mol. The highest BCUT2D eigenvalue weighted by Crippen LogP contribution is 2.34. The standard InChI is InChI=1S/C25H29N3O6S/c29-24(19-8-10-20(11-9-19)35(31,32)27-12-4-1-5-13-27)28-18-23(25(30)26-14-16-33-17-15-26)34-22-7-3-2-6-21(22)28/h2-3,6-11,23H,1,4-5,12-18H2/t23-/m1/s1. The number of sulfonamides is 1. The zero-order chi connectivity index (χ0) is 24.4. The van der Waals surface area contributed by atoms with Gasteiger partial charge in [-0.05, 0) is 49.2 Å². The van der Waals surface area contributed by atoms with E-state index >= 15 is 0 Å². The van der Waals surface area contributed by atoms with Crippen LogP contribution < -0.4 is 9.64 Å². The molecule has 0 spiro atoms. The van der Waals surface area contributed by atoms with Gasteiger partial charge in [0, 0.05) is 31.7 Å². The molecule has 2 saturated heterocycles. The number of amides is 2. The Morgan fingerprint density at radius 3 is 2.26 bits per heavy atom. The molecule has 35 heavy (non-hydrogen) atoms. The lowest BCUT2D eigenvalue weighted by Gasteiger charge is -2.37. The van der Waals surface area contributed by atoms with Gasteiger partial charge in [0.25, 0.3) is 11.8 Å². The zero-order valence-corrected chi connectivity index (χ0v) is 20.3. The second-order valence-electron chi connectivity index (χ2n) is 8.92. The predicted octanol–water partition coefficient (Wildman–Crippen LogP) is 2.13. The van der Waals surface area contributed by atoms with E-state index in [1.807, 2.05) is 0 Å². The molecule has 0 unspecified atom stereocenters. The van der Waals surface area contributed by atoms with Crippen LogP contribution in [0.1, 0.15) is 29.6 Å². The SMILES string of the molecule is O=C([C@H]1CN(C(=O)c2ccc(S(=O)(=O)N3CCCCC3)cc2)c2ccccc2O1)N1CCOCC1. The van der Waals surface area contributed by atoms with Crippen LogP contribution in [0.2, 0.25) is 0 Å². The summed E-state index contributed by atoms with van der Waals surface area (Å²) in [4.78, 5) is 30.1. The van der Waals surface area contributed by atoms with Crippen molar-refractivity contribution in [1.82, 2.24) is 9.21 Å². The van der Waals surface area contributed by atoms with E-state index in [0.717, 1.165) is 19.3 Å². The molecule has 1 atom stereocenters. The molecular formula is C25H29N3O6S. The van der Waals surface area contributed by atoms with Crippen molar-refractivity contribution in [3.63, 3.8) is 0 Å². The van der Waals surface area contributed by atoms with Gasteiger partial charge in [-0.25, -0.2) is 8.42 Å². The maximum atomic E-state index is 13.5. The predicted molar refractivity (Wildman–Crippen MR) is 129 cm³/mol. The number of anilines is 1. The first-order valence-electron chi connectivity index (χ1n) is 12.0. The molecule has 0 saturated carbocycles. The van der Waals surface area contributed by atoms with E-state index in [-0.39, 0.29) is 23.3 Å². The Bertz CT molecular complexity index is 1190. The minimum absolute atomic E-state index is 0.0693. The molecule has 186 valence electrons. The summed E-state index contributed by atoms with van der Waals surface area (Å²) in [7, 11) is -3.58. The number of rotatable bonds is 4. The van der Waals surface area contributed by atoms with Gasteiger partial charge in [0.2, 0.25) is 10.0 Å². The lowest BCUT2D eigenvalue weighted by atomic mass is 10.1. The Labute approximate surface area is 205 Å². The smallest absolute Gasteiger partial charge is 0.265 e. The van der Waals surface area contributed by atoms with Crippen LogP contribution in [0.25, 0.3) is 0 Å². The largest absolute Gasteiger partial charge is 0.476 e. The van der Waals surface area contributed by atoms with E-state index in [1.54, 1.807) is 29.2 Å². The van der Waals surface area contributed by atoms with E-state index in [0.29, 0.717) is 56.4 Å². The van der Waals surface area contributed by atoms with Crippen molar-refractivity contribution in [3.8, 4) is 5.75 Å². The number of carbonyl (C=O) groups excluding carboxylic acids is 2. The summed E-state index contributed by atoms with van der Waals surface area (Å²) in [6, 6.07) is 13.2. The van der Waals surface area contributed by atoms with E-state index < -0.39 is 16.1 Å². The summed E-state index contributed by atoms with van der Waals surface area (Å²) < 4.78 is 38.8. The van der Waals surface area contributed by atoms with Crippen molar-refractivity contribution in [2.24, 2.45) is 0 Å². The fourth-order valence-electron chi connectivity index (χ4n) is 4.72. The Balaban J connectivity index is 1.38. The van der Waals surface area contributed by atoms with Crippen LogP contribution in [-0.2, 0) is 19.6 Å². The number of fused-ring (bicyclic) bond motifs is 1. The van der Waals surface area contributed by atoms with E-state index in [1.165, 1.54) is 33.5 Å². The third kappa shape index (κ3) is 4.78. The van der Waals surface area contributed by atoms with Crippen LogP contribution in [0.4, 0.5) is 5.69 Å². The van der Waals surface area contributed by atoms with E-state index in [2.05, 4.69) is 0 Å². The number of para-hydroxylation sites is 2. The number of morpholine rings is 1. The van der Waals surface area contributed by atoms with Gasteiger partial charge in [0.15, 0.2) is 6.10 Å². The number of carbonyl (C=O) groups is 2. The molecule has 3 aliphatic heterocycles. The summed E-state index contributed by atoms with van der Waals surface area (Å²) in [5, 5.41) is 0. The third-order valence-electron chi connectivity index (χ3n) is 6.67.